The van der Waals surface area contributed by atoms with E-state index in [4.69, 9.17) is 5.73 Å². The maximum absolute atomic E-state index is 6.24. The number of anilines is 2. The van der Waals surface area contributed by atoms with E-state index in [2.05, 4.69) is 42.4 Å². The smallest absolute Gasteiger partial charge is 0.150 e. The Morgan fingerprint density at radius 3 is 2.58 bits per heavy atom. The molecule has 0 spiro atoms. The first kappa shape index (κ1) is 14.2. The number of rotatable bonds is 3. The quantitative estimate of drug-likeness (QED) is 0.912. The first-order chi connectivity index (χ1) is 8.84. The minimum absolute atomic E-state index is 0.369. The molecule has 2 N–H and O–H groups in total. The number of aromatic nitrogens is 2. The zero-order chi connectivity index (χ0) is 14.2. The Labute approximate surface area is 117 Å². The lowest BCUT2D eigenvalue weighted by atomic mass is 9.80. The van der Waals surface area contributed by atoms with Crippen molar-refractivity contribution in [2.75, 3.05) is 23.7 Å². The molecule has 1 aliphatic heterocycles. The Morgan fingerprint density at radius 2 is 2.05 bits per heavy atom. The van der Waals surface area contributed by atoms with E-state index < -0.39 is 0 Å². The predicted octanol–water partition coefficient (Wildman–Crippen LogP) is 3.06. The number of hydrogen-bond acceptors (Lipinski definition) is 3. The average Bonchev–Trinajstić information content (AvgIpc) is 2.86. The van der Waals surface area contributed by atoms with Crippen molar-refractivity contribution in [1.82, 2.24) is 9.78 Å². The van der Waals surface area contributed by atoms with Crippen LogP contribution in [-0.4, -0.2) is 22.9 Å². The van der Waals surface area contributed by atoms with E-state index in [0.717, 1.165) is 49.2 Å². The van der Waals surface area contributed by atoms with E-state index in [-0.39, 0.29) is 0 Å². The molecule has 1 atom stereocenters. The van der Waals surface area contributed by atoms with Crippen molar-refractivity contribution < 1.29 is 0 Å². The summed E-state index contributed by atoms with van der Waals surface area (Å²) in [5.74, 6) is 1.88. The van der Waals surface area contributed by atoms with Gasteiger partial charge in [-0.15, -0.1) is 0 Å². The van der Waals surface area contributed by atoms with E-state index in [1.807, 2.05) is 6.92 Å². The van der Waals surface area contributed by atoms with E-state index in [1.54, 1.807) is 0 Å². The topological polar surface area (TPSA) is 47.1 Å². The van der Waals surface area contributed by atoms with Crippen molar-refractivity contribution in [2.24, 2.45) is 11.3 Å². The van der Waals surface area contributed by atoms with Gasteiger partial charge in [0.1, 0.15) is 0 Å². The van der Waals surface area contributed by atoms with Crippen molar-refractivity contribution in [2.45, 2.75) is 54.0 Å². The third kappa shape index (κ3) is 2.72. The summed E-state index contributed by atoms with van der Waals surface area (Å²) in [5, 5.41) is 4.58. The van der Waals surface area contributed by atoms with Crippen molar-refractivity contribution in [3.05, 3.63) is 5.69 Å². The first-order valence-electron chi connectivity index (χ1n) is 7.42. The minimum Gasteiger partial charge on any atom is -0.394 e. The van der Waals surface area contributed by atoms with Crippen molar-refractivity contribution in [1.29, 1.82) is 0 Å². The summed E-state index contributed by atoms with van der Waals surface area (Å²) in [6.45, 7) is 14.3. The second-order valence-corrected chi connectivity index (χ2v) is 6.84. The Kier molecular flexibility index (Phi) is 3.79. The maximum Gasteiger partial charge on any atom is 0.150 e. The zero-order valence-corrected chi connectivity index (χ0v) is 13.0. The summed E-state index contributed by atoms with van der Waals surface area (Å²) in [6, 6.07) is 0. The lowest BCUT2D eigenvalue weighted by Crippen LogP contribution is -2.28. The normalized spacial score (nSPS) is 20.3. The molecular formula is C15H28N4. The molecule has 2 heterocycles. The molecule has 1 unspecified atom stereocenters. The van der Waals surface area contributed by atoms with Gasteiger partial charge in [-0.3, -0.25) is 0 Å². The van der Waals surface area contributed by atoms with E-state index in [9.17, 15) is 0 Å². The molecule has 1 fully saturated rings. The number of hydrogen-bond donors (Lipinski definition) is 1. The van der Waals surface area contributed by atoms with Crippen LogP contribution in [0.2, 0.25) is 0 Å². The van der Waals surface area contributed by atoms with Gasteiger partial charge >= 0.3 is 0 Å². The molecule has 4 heteroatoms. The Bertz CT molecular complexity index is 442. The van der Waals surface area contributed by atoms with Gasteiger partial charge in [-0.25, -0.2) is 4.68 Å². The molecule has 1 aromatic heterocycles. The lowest BCUT2D eigenvalue weighted by molar-refractivity contribution is 0.263. The largest absolute Gasteiger partial charge is 0.394 e. The number of nitrogens with two attached hydrogens (primary N) is 1. The predicted molar refractivity (Wildman–Crippen MR) is 81.4 cm³/mol. The van der Waals surface area contributed by atoms with Crippen molar-refractivity contribution >= 4 is 11.5 Å². The highest BCUT2D eigenvalue weighted by molar-refractivity contribution is 5.66. The van der Waals surface area contributed by atoms with Gasteiger partial charge in [0.25, 0.3) is 0 Å². The van der Waals surface area contributed by atoms with Crippen LogP contribution < -0.4 is 10.6 Å². The molecule has 0 radical (unpaired) electrons. The van der Waals surface area contributed by atoms with Crippen LogP contribution in [0.1, 0.15) is 46.2 Å². The van der Waals surface area contributed by atoms with Crippen LogP contribution in [0.25, 0.3) is 0 Å². The van der Waals surface area contributed by atoms with Gasteiger partial charge in [0, 0.05) is 19.6 Å². The van der Waals surface area contributed by atoms with Crippen LogP contribution >= 0.6 is 0 Å². The molecule has 0 aromatic carbocycles. The van der Waals surface area contributed by atoms with Crippen LogP contribution in [0.4, 0.5) is 11.5 Å². The van der Waals surface area contributed by atoms with Crippen LogP contribution in [-0.2, 0) is 6.54 Å². The highest BCUT2D eigenvalue weighted by atomic mass is 15.4. The molecular weight excluding hydrogens is 236 g/mol. The van der Waals surface area contributed by atoms with Crippen molar-refractivity contribution in [3.63, 3.8) is 0 Å². The second-order valence-electron chi connectivity index (χ2n) is 6.84. The van der Waals surface area contributed by atoms with E-state index in [1.165, 1.54) is 6.42 Å². The molecule has 1 aromatic rings. The van der Waals surface area contributed by atoms with Crippen LogP contribution in [0.15, 0.2) is 0 Å². The molecule has 0 amide bonds. The molecule has 0 bridgehead atoms. The highest BCUT2D eigenvalue weighted by Gasteiger charge is 2.34. The molecule has 19 heavy (non-hydrogen) atoms. The summed E-state index contributed by atoms with van der Waals surface area (Å²) in [4.78, 5) is 2.43. The molecule has 2 rings (SSSR count). The fourth-order valence-electron chi connectivity index (χ4n) is 2.94. The summed E-state index contributed by atoms with van der Waals surface area (Å²) in [5.41, 5.74) is 8.44. The van der Waals surface area contributed by atoms with Crippen LogP contribution in [0.5, 0.6) is 0 Å². The SMILES string of the molecule is CCCn1nc(C)c(N)c1N1CCC(C(C)(C)C)C1. The molecule has 4 nitrogen and oxygen atoms in total. The average molecular weight is 264 g/mol. The fraction of sp³-hybridized carbons (Fsp3) is 0.800. The Morgan fingerprint density at radius 1 is 1.37 bits per heavy atom. The van der Waals surface area contributed by atoms with Gasteiger partial charge in [0.2, 0.25) is 0 Å². The molecule has 0 saturated carbocycles. The standard InChI is InChI=1S/C15H28N4/c1-6-8-19-14(13(16)11(2)17-19)18-9-7-12(10-18)15(3,4)5/h12H,6-10,16H2,1-5H3. The maximum atomic E-state index is 6.24. The van der Waals surface area contributed by atoms with Gasteiger partial charge in [-0.2, -0.15) is 5.10 Å². The minimum atomic E-state index is 0.369. The molecule has 1 saturated heterocycles. The first-order valence-corrected chi connectivity index (χ1v) is 7.42. The van der Waals surface area contributed by atoms with Crippen molar-refractivity contribution in [3.8, 4) is 0 Å². The number of aryl methyl sites for hydroxylation is 2. The molecule has 108 valence electrons. The monoisotopic (exact) mass is 264 g/mol. The Hall–Kier alpha value is -1.19. The summed E-state index contributed by atoms with van der Waals surface area (Å²) >= 11 is 0. The molecule has 1 aliphatic rings. The highest BCUT2D eigenvalue weighted by Crippen LogP contribution is 2.38. The van der Waals surface area contributed by atoms with Gasteiger partial charge in [0.05, 0.1) is 11.4 Å². The molecule has 0 aliphatic carbocycles. The summed E-state index contributed by atoms with van der Waals surface area (Å²) in [6.07, 6.45) is 2.34. The second kappa shape index (κ2) is 5.06. The van der Waals surface area contributed by atoms with Crippen LogP contribution in [0.3, 0.4) is 0 Å². The van der Waals surface area contributed by atoms with Gasteiger partial charge in [-0.05, 0) is 31.1 Å². The van der Waals surface area contributed by atoms with E-state index in [0.29, 0.717) is 5.41 Å². The third-order valence-corrected chi connectivity index (χ3v) is 4.29. The Balaban J connectivity index is 2.23. The fourth-order valence-corrected chi connectivity index (χ4v) is 2.94. The van der Waals surface area contributed by atoms with Gasteiger partial charge < -0.3 is 10.6 Å². The van der Waals surface area contributed by atoms with Gasteiger partial charge in [-0.1, -0.05) is 27.7 Å². The summed E-state index contributed by atoms with van der Waals surface area (Å²) in [7, 11) is 0. The number of nitrogens with zero attached hydrogens (tertiary/aromatic N) is 3. The summed E-state index contributed by atoms with van der Waals surface area (Å²) < 4.78 is 2.09. The van der Waals surface area contributed by atoms with E-state index >= 15 is 0 Å². The van der Waals surface area contributed by atoms with Gasteiger partial charge in [0.15, 0.2) is 5.82 Å². The third-order valence-electron chi connectivity index (χ3n) is 4.29. The number of nitrogen functional groups attached to an aromatic ring is 1. The van der Waals surface area contributed by atoms with Crippen LogP contribution in [0, 0.1) is 18.3 Å². The zero-order valence-electron chi connectivity index (χ0n) is 13.0. The lowest BCUT2D eigenvalue weighted by Gasteiger charge is -2.27.